The molecule has 0 aliphatic heterocycles. The molecule has 2 heteroatoms. The van der Waals surface area contributed by atoms with Crippen LogP contribution in [0.15, 0.2) is 36.4 Å². The van der Waals surface area contributed by atoms with Crippen LogP contribution in [0.25, 0.3) is 0 Å². The van der Waals surface area contributed by atoms with E-state index in [1.165, 1.54) is 22.3 Å². The lowest BCUT2D eigenvalue weighted by Gasteiger charge is -2.12. The van der Waals surface area contributed by atoms with Crippen LogP contribution < -0.4 is 4.74 Å². The molecular weight excluding hydrogens is 260 g/mol. The first-order valence-electron chi connectivity index (χ1n) is 7.55. The maximum atomic E-state index is 9.25. The quantitative estimate of drug-likeness (QED) is 0.862. The molecule has 0 radical (unpaired) electrons. The van der Waals surface area contributed by atoms with Gasteiger partial charge >= 0.3 is 0 Å². The maximum absolute atomic E-state index is 9.25. The van der Waals surface area contributed by atoms with Crippen LogP contribution in [-0.4, -0.2) is 11.7 Å². The smallest absolute Gasteiger partial charge is 0.119 e. The van der Waals surface area contributed by atoms with Crippen LogP contribution in [0.5, 0.6) is 5.75 Å². The Morgan fingerprint density at radius 2 is 1.57 bits per heavy atom. The summed E-state index contributed by atoms with van der Waals surface area (Å²) in [5, 5.41) is 9.25. The van der Waals surface area contributed by atoms with Crippen LogP contribution in [0.2, 0.25) is 0 Å². The summed E-state index contributed by atoms with van der Waals surface area (Å²) in [4.78, 5) is 0. The standard InChI is InChI=1S/C19H24O2/c1-4-9-21-18-7-5-16(6-8-18)12-19-14(2)10-17(13-20)11-15(19)3/h5-8,10-11,20H,4,9,12-13H2,1-3H3. The lowest BCUT2D eigenvalue weighted by atomic mass is 9.94. The van der Waals surface area contributed by atoms with Crippen molar-refractivity contribution in [3.8, 4) is 5.75 Å². The summed E-state index contributed by atoms with van der Waals surface area (Å²) in [6.45, 7) is 7.20. The predicted octanol–water partition coefficient (Wildman–Crippen LogP) is 4.18. The second kappa shape index (κ2) is 7.28. The van der Waals surface area contributed by atoms with E-state index in [0.717, 1.165) is 30.8 Å². The largest absolute Gasteiger partial charge is 0.494 e. The Morgan fingerprint density at radius 3 is 2.10 bits per heavy atom. The normalized spacial score (nSPS) is 10.7. The molecule has 0 spiro atoms. The van der Waals surface area contributed by atoms with E-state index in [2.05, 4.69) is 45.0 Å². The maximum Gasteiger partial charge on any atom is 0.119 e. The van der Waals surface area contributed by atoms with E-state index < -0.39 is 0 Å². The van der Waals surface area contributed by atoms with Crippen molar-refractivity contribution in [3.05, 3.63) is 64.2 Å². The first kappa shape index (κ1) is 15.6. The molecule has 0 atom stereocenters. The van der Waals surface area contributed by atoms with Gasteiger partial charge in [0.25, 0.3) is 0 Å². The minimum absolute atomic E-state index is 0.103. The number of aryl methyl sites for hydroxylation is 2. The first-order valence-corrected chi connectivity index (χ1v) is 7.55. The van der Waals surface area contributed by atoms with Crippen molar-refractivity contribution in [2.45, 2.75) is 40.2 Å². The number of aliphatic hydroxyl groups excluding tert-OH is 1. The molecular formula is C19H24O2. The summed E-state index contributed by atoms with van der Waals surface area (Å²) in [6.07, 6.45) is 1.94. The number of hydrogen-bond acceptors (Lipinski definition) is 2. The van der Waals surface area contributed by atoms with Gasteiger partial charge in [-0.25, -0.2) is 0 Å². The van der Waals surface area contributed by atoms with Gasteiger partial charge in [-0.1, -0.05) is 31.2 Å². The molecule has 2 rings (SSSR count). The van der Waals surface area contributed by atoms with Crippen molar-refractivity contribution in [2.24, 2.45) is 0 Å². The number of hydrogen-bond donors (Lipinski definition) is 1. The fraction of sp³-hybridized carbons (Fsp3) is 0.368. The summed E-state index contributed by atoms with van der Waals surface area (Å²) >= 11 is 0. The fourth-order valence-corrected chi connectivity index (χ4v) is 2.58. The summed E-state index contributed by atoms with van der Waals surface area (Å²) in [7, 11) is 0. The molecule has 0 unspecified atom stereocenters. The molecule has 1 N–H and O–H groups in total. The predicted molar refractivity (Wildman–Crippen MR) is 86.9 cm³/mol. The SMILES string of the molecule is CCCOc1ccc(Cc2c(C)cc(CO)cc2C)cc1. The highest BCUT2D eigenvalue weighted by molar-refractivity contribution is 5.41. The molecule has 0 fully saturated rings. The second-order valence-electron chi connectivity index (χ2n) is 5.54. The summed E-state index contributed by atoms with van der Waals surface area (Å²) in [6, 6.07) is 12.5. The van der Waals surface area contributed by atoms with Crippen LogP contribution in [0.1, 0.15) is 41.2 Å². The third kappa shape index (κ3) is 4.08. The van der Waals surface area contributed by atoms with Gasteiger partial charge in [0.1, 0.15) is 5.75 Å². The third-order valence-corrected chi connectivity index (χ3v) is 3.72. The highest BCUT2D eigenvalue weighted by Gasteiger charge is 2.06. The summed E-state index contributed by atoms with van der Waals surface area (Å²) in [5.74, 6) is 0.935. The van der Waals surface area contributed by atoms with Crippen molar-refractivity contribution >= 4 is 0 Å². The average Bonchev–Trinajstić information content (AvgIpc) is 2.49. The van der Waals surface area contributed by atoms with E-state index in [0.29, 0.717) is 0 Å². The lowest BCUT2D eigenvalue weighted by molar-refractivity contribution is 0.281. The zero-order chi connectivity index (χ0) is 15.2. The van der Waals surface area contributed by atoms with Gasteiger partial charge in [-0.3, -0.25) is 0 Å². The molecule has 0 bridgehead atoms. The van der Waals surface area contributed by atoms with Crippen LogP contribution >= 0.6 is 0 Å². The van der Waals surface area contributed by atoms with Crippen molar-refractivity contribution in [1.29, 1.82) is 0 Å². The van der Waals surface area contributed by atoms with Gasteiger partial charge in [0.05, 0.1) is 13.2 Å². The van der Waals surface area contributed by atoms with Gasteiger partial charge in [-0.2, -0.15) is 0 Å². The van der Waals surface area contributed by atoms with Crippen molar-refractivity contribution in [3.63, 3.8) is 0 Å². The van der Waals surface area contributed by atoms with E-state index in [1.54, 1.807) is 0 Å². The van der Waals surface area contributed by atoms with Crippen LogP contribution in [0.3, 0.4) is 0 Å². The Morgan fingerprint density at radius 1 is 0.952 bits per heavy atom. The Kier molecular flexibility index (Phi) is 5.40. The van der Waals surface area contributed by atoms with E-state index in [-0.39, 0.29) is 6.61 Å². The third-order valence-electron chi connectivity index (χ3n) is 3.72. The molecule has 0 heterocycles. The van der Waals surface area contributed by atoms with Gasteiger partial charge in [0, 0.05) is 0 Å². The highest BCUT2D eigenvalue weighted by atomic mass is 16.5. The van der Waals surface area contributed by atoms with E-state index in [9.17, 15) is 5.11 Å². The zero-order valence-corrected chi connectivity index (χ0v) is 13.1. The Balaban J connectivity index is 2.14. The zero-order valence-electron chi connectivity index (χ0n) is 13.1. The molecule has 2 aromatic carbocycles. The number of benzene rings is 2. The van der Waals surface area contributed by atoms with Crippen LogP contribution in [-0.2, 0) is 13.0 Å². The Hall–Kier alpha value is -1.80. The topological polar surface area (TPSA) is 29.5 Å². The number of aliphatic hydroxyl groups is 1. The molecule has 2 nitrogen and oxygen atoms in total. The highest BCUT2D eigenvalue weighted by Crippen LogP contribution is 2.22. The Labute approximate surface area is 127 Å². The second-order valence-corrected chi connectivity index (χ2v) is 5.54. The minimum atomic E-state index is 0.103. The van der Waals surface area contributed by atoms with Crippen molar-refractivity contribution in [2.75, 3.05) is 6.61 Å². The van der Waals surface area contributed by atoms with E-state index >= 15 is 0 Å². The molecule has 21 heavy (non-hydrogen) atoms. The van der Waals surface area contributed by atoms with Crippen LogP contribution in [0, 0.1) is 13.8 Å². The fourth-order valence-electron chi connectivity index (χ4n) is 2.58. The monoisotopic (exact) mass is 284 g/mol. The molecule has 0 aromatic heterocycles. The van der Waals surface area contributed by atoms with Crippen molar-refractivity contribution < 1.29 is 9.84 Å². The number of rotatable bonds is 6. The average molecular weight is 284 g/mol. The molecule has 0 aliphatic rings. The van der Waals surface area contributed by atoms with E-state index in [1.807, 2.05) is 12.1 Å². The first-order chi connectivity index (χ1) is 10.1. The molecule has 112 valence electrons. The molecule has 0 aliphatic carbocycles. The van der Waals surface area contributed by atoms with Gasteiger partial charge in [0.2, 0.25) is 0 Å². The van der Waals surface area contributed by atoms with Gasteiger partial charge < -0.3 is 9.84 Å². The summed E-state index contributed by atoms with van der Waals surface area (Å²) < 4.78 is 5.61. The molecule has 0 saturated carbocycles. The molecule has 0 saturated heterocycles. The number of ether oxygens (including phenoxy) is 1. The molecule has 0 amide bonds. The minimum Gasteiger partial charge on any atom is -0.494 e. The van der Waals surface area contributed by atoms with Gasteiger partial charge in [-0.05, 0) is 66.6 Å². The molecule has 2 aromatic rings. The Bertz CT molecular complexity index is 562. The lowest BCUT2D eigenvalue weighted by Crippen LogP contribution is -1.99. The van der Waals surface area contributed by atoms with Gasteiger partial charge in [-0.15, -0.1) is 0 Å². The van der Waals surface area contributed by atoms with E-state index in [4.69, 9.17) is 4.74 Å². The van der Waals surface area contributed by atoms with Gasteiger partial charge in [0.15, 0.2) is 0 Å². The van der Waals surface area contributed by atoms with Crippen LogP contribution in [0.4, 0.5) is 0 Å². The summed E-state index contributed by atoms with van der Waals surface area (Å²) in [5.41, 5.74) is 6.09. The van der Waals surface area contributed by atoms with Crippen molar-refractivity contribution in [1.82, 2.24) is 0 Å².